The molecule has 1 amide bonds. The predicted molar refractivity (Wildman–Crippen MR) is 77.4 cm³/mol. The van der Waals surface area contributed by atoms with E-state index in [0.717, 1.165) is 12.1 Å². The minimum absolute atomic E-state index is 0.122. The highest BCUT2D eigenvalue weighted by Gasteiger charge is 2.17. The molecule has 1 atom stereocenters. The Morgan fingerprint density at radius 3 is 2.45 bits per heavy atom. The minimum atomic E-state index is -0.953. The van der Waals surface area contributed by atoms with Crippen LogP contribution in [0.5, 0.6) is 0 Å². The third kappa shape index (κ3) is 3.30. The summed E-state index contributed by atoms with van der Waals surface area (Å²) in [5.41, 5.74) is -0.0676. The van der Waals surface area contributed by atoms with Gasteiger partial charge in [-0.2, -0.15) is 4.91 Å². The molecule has 0 fully saturated rings. The molecule has 7 heteroatoms. The van der Waals surface area contributed by atoms with Crippen LogP contribution in [-0.4, -0.2) is 10.9 Å². The van der Waals surface area contributed by atoms with Crippen LogP contribution >= 0.6 is 0 Å². The van der Waals surface area contributed by atoms with Crippen LogP contribution in [0.15, 0.2) is 41.7 Å². The highest BCUT2D eigenvalue weighted by atomic mass is 19.1. The number of amides is 1. The maximum atomic E-state index is 13.5. The van der Waals surface area contributed by atoms with Crippen molar-refractivity contribution < 1.29 is 13.6 Å². The van der Waals surface area contributed by atoms with Crippen LogP contribution in [0.2, 0.25) is 0 Å². The lowest BCUT2D eigenvalue weighted by molar-refractivity contribution is 0.101. The van der Waals surface area contributed by atoms with E-state index in [9.17, 15) is 18.5 Å². The van der Waals surface area contributed by atoms with Crippen LogP contribution in [0.25, 0.3) is 0 Å². The first kappa shape index (κ1) is 15.7. The number of hydrogen-bond acceptors (Lipinski definition) is 4. The van der Waals surface area contributed by atoms with Crippen molar-refractivity contribution in [2.45, 2.75) is 19.4 Å². The van der Waals surface area contributed by atoms with E-state index >= 15 is 0 Å². The maximum Gasteiger partial charge on any atom is 0.262 e. The van der Waals surface area contributed by atoms with E-state index in [4.69, 9.17) is 0 Å². The van der Waals surface area contributed by atoms with E-state index in [-0.39, 0.29) is 5.82 Å². The fourth-order valence-corrected chi connectivity index (χ4v) is 1.94. The zero-order valence-electron chi connectivity index (χ0n) is 11.7. The van der Waals surface area contributed by atoms with Crippen molar-refractivity contribution in [3.63, 3.8) is 0 Å². The van der Waals surface area contributed by atoms with Gasteiger partial charge in [0.05, 0.1) is 0 Å². The largest absolute Gasteiger partial charge is 0.306 e. The van der Waals surface area contributed by atoms with Gasteiger partial charge >= 0.3 is 0 Å². The number of hydrogen-bond donors (Lipinski definition) is 1. The van der Waals surface area contributed by atoms with Gasteiger partial charge in [-0.15, -0.1) is 0 Å². The van der Waals surface area contributed by atoms with Gasteiger partial charge in [-0.3, -0.25) is 4.79 Å². The first-order chi connectivity index (χ1) is 10.6. The summed E-state index contributed by atoms with van der Waals surface area (Å²) in [6, 6.07) is 5.68. The van der Waals surface area contributed by atoms with Crippen LogP contribution in [0.1, 0.15) is 35.3 Å². The summed E-state index contributed by atoms with van der Waals surface area (Å²) in [7, 11) is 0. The van der Waals surface area contributed by atoms with Gasteiger partial charge in [0.15, 0.2) is 0 Å². The van der Waals surface area contributed by atoms with Gasteiger partial charge in [-0.1, -0.05) is 24.2 Å². The number of halogens is 2. The number of rotatable bonds is 5. The molecular formula is C15H13F2N3O2. The van der Waals surface area contributed by atoms with Crippen molar-refractivity contribution >= 4 is 11.7 Å². The molecule has 1 aromatic heterocycles. The SMILES string of the molecule is CCC(N=O)c1ccc(NC(=O)c2c(F)cccc2F)nc1. The van der Waals surface area contributed by atoms with Gasteiger partial charge < -0.3 is 5.32 Å². The summed E-state index contributed by atoms with van der Waals surface area (Å²) >= 11 is 0. The molecule has 0 spiro atoms. The molecule has 5 nitrogen and oxygen atoms in total. The monoisotopic (exact) mass is 305 g/mol. The Balaban J connectivity index is 2.17. The second-order valence-corrected chi connectivity index (χ2v) is 4.56. The van der Waals surface area contributed by atoms with E-state index in [2.05, 4.69) is 15.5 Å². The van der Waals surface area contributed by atoms with Crippen LogP contribution < -0.4 is 5.32 Å². The minimum Gasteiger partial charge on any atom is -0.306 e. The van der Waals surface area contributed by atoms with Crippen molar-refractivity contribution in [1.29, 1.82) is 0 Å². The Kier molecular flexibility index (Phi) is 4.88. The average molecular weight is 305 g/mol. The lowest BCUT2D eigenvalue weighted by Gasteiger charge is -2.09. The van der Waals surface area contributed by atoms with Crippen molar-refractivity contribution in [3.05, 3.63) is 64.2 Å². The zero-order chi connectivity index (χ0) is 16.1. The van der Waals surface area contributed by atoms with Crippen molar-refractivity contribution in [2.24, 2.45) is 5.18 Å². The zero-order valence-corrected chi connectivity index (χ0v) is 11.7. The normalized spacial score (nSPS) is 11.8. The van der Waals surface area contributed by atoms with Crippen molar-refractivity contribution in [3.8, 4) is 0 Å². The molecule has 0 saturated carbocycles. The summed E-state index contributed by atoms with van der Waals surface area (Å²) < 4.78 is 27.0. The highest BCUT2D eigenvalue weighted by molar-refractivity contribution is 6.04. The predicted octanol–water partition coefficient (Wildman–Crippen LogP) is 3.83. The van der Waals surface area contributed by atoms with Gasteiger partial charge in [0, 0.05) is 6.20 Å². The van der Waals surface area contributed by atoms with E-state index in [1.807, 2.05) is 6.92 Å². The third-order valence-electron chi connectivity index (χ3n) is 3.12. The summed E-state index contributed by atoms with van der Waals surface area (Å²) in [6.45, 7) is 1.81. The first-order valence-corrected chi connectivity index (χ1v) is 6.60. The molecule has 0 aliphatic carbocycles. The Morgan fingerprint density at radius 1 is 1.27 bits per heavy atom. The second-order valence-electron chi connectivity index (χ2n) is 4.56. The van der Waals surface area contributed by atoms with Crippen LogP contribution in [0.4, 0.5) is 14.6 Å². The molecule has 0 bridgehead atoms. The number of pyridine rings is 1. The van der Waals surface area contributed by atoms with E-state index in [0.29, 0.717) is 12.0 Å². The van der Waals surface area contributed by atoms with Crippen LogP contribution in [-0.2, 0) is 0 Å². The second kappa shape index (κ2) is 6.84. The smallest absolute Gasteiger partial charge is 0.262 e. The first-order valence-electron chi connectivity index (χ1n) is 6.60. The Labute approximate surface area is 125 Å². The van der Waals surface area contributed by atoms with Crippen LogP contribution in [0, 0.1) is 16.5 Å². The number of nitrogens with one attached hydrogen (secondary N) is 1. The number of anilines is 1. The molecule has 0 radical (unpaired) electrons. The summed E-state index contributed by atoms with van der Waals surface area (Å²) in [5.74, 6) is -2.72. The molecule has 22 heavy (non-hydrogen) atoms. The molecule has 2 rings (SSSR count). The molecule has 0 aliphatic rings. The van der Waals surface area contributed by atoms with E-state index in [1.54, 1.807) is 6.07 Å². The number of aromatic nitrogens is 1. The Bertz CT molecular complexity index is 669. The molecule has 2 aromatic rings. The molecule has 0 aliphatic heterocycles. The molecule has 0 saturated heterocycles. The Morgan fingerprint density at radius 2 is 1.95 bits per heavy atom. The molecular weight excluding hydrogens is 292 g/mol. The highest BCUT2D eigenvalue weighted by Crippen LogP contribution is 2.21. The molecule has 1 aromatic carbocycles. The number of nitrogens with zero attached hydrogens (tertiary/aromatic N) is 2. The van der Waals surface area contributed by atoms with Gasteiger partial charge in [0.25, 0.3) is 5.91 Å². The number of nitroso groups, excluding NO2 is 1. The molecule has 114 valence electrons. The van der Waals surface area contributed by atoms with Crippen molar-refractivity contribution in [1.82, 2.24) is 4.98 Å². The molecule has 1 N–H and O–H groups in total. The third-order valence-corrected chi connectivity index (χ3v) is 3.12. The summed E-state index contributed by atoms with van der Waals surface area (Å²) in [5, 5.41) is 5.26. The number of benzene rings is 1. The molecule has 1 heterocycles. The summed E-state index contributed by atoms with van der Waals surface area (Å²) in [6.07, 6.45) is 1.92. The standard InChI is InChI=1S/C15H13F2N3O2/c1-2-12(20-22)9-6-7-13(18-8-9)19-15(21)14-10(16)4-3-5-11(14)17/h3-8,12H,2H2,1H3,(H,18,19,21). The lowest BCUT2D eigenvalue weighted by atomic mass is 10.1. The van der Waals surface area contributed by atoms with Gasteiger partial charge in [-0.25, -0.2) is 13.8 Å². The lowest BCUT2D eigenvalue weighted by Crippen LogP contribution is -2.16. The van der Waals surface area contributed by atoms with Crippen LogP contribution in [0.3, 0.4) is 0 Å². The van der Waals surface area contributed by atoms with E-state index in [1.165, 1.54) is 18.3 Å². The quantitative estimate of drug-likeness (QED) is 0.853. The van der Waals surface area contributed by atoms with Gasteiger partial charge in [0.1, 0.15) is 29.1 Å². The van der Waals surface area contributed by atoms with E-state index < -0.39 is 29.1 Å². The maximum absolute atomic E-state index is 13.5. The summed E-state index contributed by atoms with van der Waals surface area (Å²) in [4.78, 5) is 26.5. The fourth-order valence-electron chi connectivity index (χ4n) is 1.94. The molecule has 1 unspecified atom stereocenters. The number of carbonyl (C=O) groups is 1. The topological polar surface area (TPSA) is 71.4 Å². The average Bonchev–Trinajstić information content (AvgIpc) is 2.50. The van der Waals surface area contributed by atoms with Gasteiger partial charge in [0.2, 0.25) is 0 Å². The van der Waals surface area contributed by atoms with Crippen molar-refractivity contribution in [2.75, 3.05) is 5.32 Å². The Hall–Kier alpha value is -2.70. The number of carbonyl (C=O) groups excluding carboxylic acids is 1. The van der Waals surface area contributed by atoms with Gasteiger partial charge in [-0.05, 0) is 30.2 Å². The fraction of sp³-hybridized carbons (Fsp3) is 0.200.